The monoisotopic (exact) mass is 318 g/mol. The second-order valence-electron chi connectivity index (χ2n) is 4.44. The summed E-state index contributed by atoms with van der Waals surface area (Å²) in [7, 11) is 0. The largest absolute Gasteiger partial charge is 0.434 e. The molecule has 0 saturated heterocycles. The van der Waals surface area contributed by atoms with Crippen LogP contribution in [0.3, 0.4) is 0 Å². The molecular formula is C15H11F5O2. The first-order chi connectivity index (χ1) is 10.3. The van der Waals surface area contributed by atoms with Crippen molar-refractivity contribution in [2.75, 3.05) is 0 Å². The van der Waals surface area contributed by atoms with Crippen LogP contribution in [0.25, 0.3) is 11.1 Å². The Labute approximate surface area is 122 Å². The minimum atomic E-state index is -4.50. The zero-order valence-corrected chi connectivity index (χ0v) is 11.1. The lowest BCUT2D eigenvalue weighted by Crippen LogP contribution is -2.05. The summed E-state index contributed by atoms with van der Waals surface area (Å²) >= 11 is 0. The third-order valence-corrected chi connectivity index (χ3v) is 2.98. The van der Waals surface area contributed by atoms with Gasteiger partial charge in [0.15, 0.2) is 0 Å². The van der Waals surface area contributed by atoms with E-state index >= 15 is 0 Å². The summed E-state index contributed by atoms with van der Waals surface area (Å²) in [5.41, 5.74) is -0.235. The predicted molar refractivity (Wildman–Crippen MR) is 69.4 cm³/mol. The Kier molecular flexibility index (Phi) is 4.65. The Morgan fingerprint density at radius 1 is 1.00 bits per heavy atom. The maximum absolute atomic E-state index is 12.7. The molecule has 0 spiro atoms. The van der Waals surface area contributed by atoms with Gasteiger partial charge >= 0.3 is 12.8 Å². The summed E-state index contributed by atoms with van der Waals surface area (Å²) in [6.07, 6.45) is -4.50. The minimum absolute atomic E-state index is 0.121. The second-order valence-corrected chi connectivity index (χ2v) is 4.44. The van der Waals surface area contributed by atoms with E-state index in [4.69, 9.17) is 5.11 Å². The lowest BCUT2D eigenvalue weighted by molar-refractivity contribution is -0.137. The van der Waals surface area contributed by atoms with Gasteiger partial charge in [0.25, 0.3) is 0 Å². The first-order valence-corrected chi connectivity index (χ1v) is 6.17. The van der Waals surface area contributed by atoms with Gasteiger partial charge in [0.1, 0.15) is 5.75 Å². The van der Waals surface area contributed by atoms with Crippen LogP contribution in [0.15, 0.2) is 42.5 Å². The summed E-state index contributed by atoms with van der Waals surface area (Å²) in [5, 5.41) is 9.07. The zero-order valence-electron chi connectivity index (χ0n) is 11.1. The molecule has 1 N–H and O–H groups in total. The molecule has 0 aliphatic rings. The molecule has 0 fully saturated rings. The fraction of sp³-hybridized carbons (Fsp3) is 0.200. The van der Waals surface area contributed by atoms with Gasteiger partial charge in [-0.15, -0.1) is 0 Å². The van der Waals surface area contributed by atoms with Crippen molar-refractivity contribution in [2.45, 2.75) is 19.4 Å². The molecule has 118 valence electrons. The third-order valence-electron chi connectivity index (χ3n) is 2.98. The van der Waals surface area contributed by atoms with Gasteiger partial charge < -0.3 is 9.84 Å². The fourth-order valence-corrected chi connectivity index (χ4v) is 1.95. The summed E-state index contributed by atoms with van der Waals surface area (Å²) in [6, 6.07) is 8.42. The van der Waals surface area contributed by atoms with Crippen LogP contribution < -0.4 is 4.74 Å². The van der Waals surface area contributed by atoms with Gasteiger partial charge in [0.2, 0.25) is 0 Å². The number of alkyl halides is 5. The Bertz CT molecular complexity index is 653. The van der Waals surface area contributed by atoms with Crippen molar-refractivity contribution in [1.82, 2.24) is 0 Å². The van der Waals surface area contributed by atoms with Crippen molar-refractivity contribution >= 4 is 0 Å². The number of rotatable bonds is 4. The van der Waals surface area contributed by atoms with Gasteiger partial charge in [-0.25, -0.2) is 0 Å². The molecule has 0 aromatic heterocycles. The molecule has 0 amide bonds. The standard InChI is InChI=1S/C15H11F5O2/c16-14(17)22-13-7-10(4-5-11(13)8-21)9-2-1-3-12(6-9)15(18,19)20/h1-7,14,21H,8H2. The maximum atomic E-state index is 12.7. The molecule has 22 heavy (non-hydrogen) atoms. The van der Waals surface area contributed by atoms with E-state index in [1.54, 1.807) is 0 Å². The normalized spacial score (nSPS) is 11.8. The molecule has 2 nitrogen and oxygen atoms in total. The minimum Gasteiger partial charge on any atom is -0.434 e. The highest BCUT2D eigenvalue weighted by atomic mass is 19.4. The lowest BCUT2D eigenvalue weighted by atomic mass is 10.0. The van der Waals surface area contributed by atoms with Crippen molar-refractivity contribution in [3.05, 3.63) is 53.6 Å². The Balaban J connectivity index is 2.45. The van der Waals surface area contributed by atoms with Crippen LogP contribution in [0.4, 0.5) is 22.0 Å². The molecular weight excluding hydrogens is 307 g/mol. The molecule has 0 saturated carbocycles. The van der Waals surface area contributed by atoms with Gasteiger partial charge in [-0.2, -0.15) is 22.0 Å². The number of benzene rings is 2. The first kappa shape index (κ1) is 16.2. The van der Waals surface area contributed by atoms with E-state index in [1.165, 1.54) is 30.3 Å². The first-order valence-electron chi connectivity index (χ1n) is 6.17. The van der Waals surface area contributed by atoms with Gasteiger partial charge in [-0.1, -0.05) is 24.3 Å². The van der Waals surface area contributed by atoms with E-state index in [2.05, 4.69) is 4.74 Å². The van der Waals surface area contributed by atoms with Crippen molar-refractivity contribution in [3.63, 3.8) is 0 Å². The van der Waals surface area contributed by atoms with Gasteiger partial charge in [0.05, 0.1) is 12.2 Å². The van der Waals surface area contributed by atoms with Crippen LogP contribution >= 0.6 is 0 Å². The van der Waals surface area contributed by atoms with Crippen molar-refractivity contribution in [1.29, 1.82) is 0 Å². The van der Waals surface area contributed by atoms with Crippen molar-refractivity contribution in [2.24, 2.45) is 0 Å². The van der Waals surface area contributed by atoms with Crippen LogP contribution in [0.5, 0.6) is 5.75 Å². The summed E-state index contributed by atoms with van der Waals surface area (Å²) in [6.45, 7) is -3.62. The van der Waals surface area contributed by atoms with Crippen LogP contribution in [-0.4, -0.2) is 11.7 Å². The molecule has 0 heterocycles. The SMILES string of the molecule is OCc1ccc(-c2cccc(C(F)(F)F)c2)cc1OC(F)F. The number of halogens is 5. The fourth-order valence-electron chi connectivity index (χ4n) is 1.95. The van der Waals surface area contributed by atoms with E-state index in [9.17, 15) is 22.0 Å². The van der Waals surface area contributed by atoms with Gasteiger partial charge in [-0.05, 0) is 29.3 Å². The topological polar surface area (TPSA) is 29.5 Å². The van der Waals surface area contributed by atoms with Crippen LogP contribution in [0.2, 0.25) is 0 Å². The molecule has 0 aliphatic heterocycles. The van der Waals surface area contributed by atoms with Gasteiger partial charge in [0, 0.05) is 5.56 Å². The molecule has 2 aromatic rings. The van der Waals surface area contributed by atoms with E-state index in [-0.39, 0.29) is 22.4 Å². The van der Waals surface area contributed by atoms with Crippen LogP contribution in [0.1, 0.15) is 11.1 Å². The molecule has 2 rings (SSSR count). The summed E-state index contributed by atoms with van der Waals surface area (Å²) in [4.78, 5) is 0. The van der Waals surface area contributed by atoms with E-state index in [0.717, 1.165) is 12.1 Å². The Hall–Kier alpha value is -2.15. The van der Waals surface area contributed by atoms with E-state index in [0.29, 0.717) is 0 Å². The van der Waals surface area contributed by atoms with Crippen molar-refractivity contribution < 1.29 is 31.8 Å². The molecule has 0 unspecified atom stereocenters. The average Bonchev–Trinajstić information content (AvgIpc) is 2.46. The van der Waals surface area contributed by atoms with Crippen molar-refractivity contribution in [3.8, 4) is 16.9 Å². The average molecular weight is 318 g/mol. The van der Waals surface area contributed by atoms with Gasteiger partial charge in [-0.3, -0.25) is 0 Å². The molecule has 7 heteroatoms. The highest BCUT2D eigenvalue weighted by molar-refractivity contribution is 5.67. The Morgan fingerprint density at radius 2 is 1.68 bits per heavy atom. The molecule has 2 aromatic carbocycles. The van der Waals surface area contributed by atoms with Crippen LogP contribution in [-0.2, 0) is 12.8 Å². The number of hydrogen-bond donors (Lipinski definition) is 1. The highest BCUT2D eigenvalue weighted by Crippen LogP contribution is 2.34. The number of aliphatic hydroxyl groups is 1. The van der Waals surface area contributed by atoms with Crippen LogP contribution in [0, 0.1) is 0 Å². The smallest absolute Gasteiger partial charge is 0.416 e. The summed E-state index contributed by atoms with van der Waals surface area (Å²) < 4.78 is 67.0. The zero-order chi connectivity index (χ0) is 16.3. The second kappa shape index (κ2) is 6.31. The number of hydrogen-bond acceptors (Lipinski definition) is 2. The number of aliphatic hydroxyl groups excluding tert-OH is 1. The molecule has 0 aliphatic carbocycles. The van der Waals surface area contributed by atoms with E-state index in [1.807, 2.05) is 0 Å². The highest BCUT2D eigenvalue weighted by Gasteiger charge is 2.30. The molecule has 0 radical (unpaired) electrons. The predicted octanol–water partition coefficient (Wildman–Crippen LogP) is 4.47. The number of ether oxygens (including phenoxy) is 1. The quantitative estimate of drug-likeness (QED) is 0.843. The van der Waals surface area contributed by atoms with E-state index < -0.39 is 25.0 Å². The molecule has 0 bridgehead atoms. The summed E-state index contributed by atoms with van der Waals surface area (Å²) in [5.74, 6) is -0.271. The molecule has 0 atom stereocenters. The third kappa shape index (κ3) is 3.73. The Morgan fingerprint density at radius 3 is 2.27 bits per heavy atom. The lowest BCUT2D eigenvalue weighted by Gasteiger charge is -2.12. The maximum Gasteiger partial charge on any atom is 0.416 e.